The Morgan fingerprint density at radius 2 is 1.95 bits per heavy atom. The zero-order valence-electron chi connectivity index (χ0n) is 24.6. The van der Waals surface area contributed by atoms with E-state index in [2.05, 4.69) is 83.5 Å². The van der Waals surface area contributed by atoms with Crippen LogP contribution in [0.25, 0.3) is 33.1 Å². The molecule has 0 N–H and O–H groups in total. The largest absolute Gasteiger partial charge is 0.462 e. The molecule has 2 fully saturated rings. The molecular formula is C33H37N7O2. The van der Waals surface area contributed by atoms with Gasteiger partial charge in [-0.15, -0.1) is 0 Å². The molecule has 4 aromatic rings. The number of carbonyl (C=O) groups is 1. The van der Waals surface area contributed by atoms with Crippen LogP contribution in [0.2, 0.25) is 0 Å². The third-order valence-electron chi connectivity index (χ3n) is 8.88. The minimum atomic E-state index is -0.264. The van der Waals surface area contributed by atoms with Gasteiger partial charge in [0, 0.05) is 38.3 Å². The number of benzene rings is 2. The summed E-state index contributed by atoms with van der Waals surface area (Å²) in [6.45, 7) is 8.94. The van der Waals surface area contributed by atoms with E-state index in [4.69, 9.17) is 14.7 Å². The van der Waals surface area contributed by atoms with Crippen LogP contribution in [0.4, 0.5) is 5.82 Å². The summed E-state index contributed by atoms with van der Waals surface area (Å²) in [5, 5.41) is 12.9. The highest BCUT2D eigenvalue weighted by atomic mass is 16.5. The van der Waals surface area contributed by atoms with Crippen molar-refractivity contribution in [2.75, 3.05) is 44.7 Å². The normalized spacial score (nSPS) is 19.4. The van der Waals surface area contributed by atoms with Crippen LogP contribution >= 0.6 is 0 Å². The molecular weight excluding hydrogens is 526 g/mol. The lowest BCUT2D eigenvalue weighted by molar-refractivity contribution is -0.128. The average Bonchev–Trinajstić information content (AvgIpc) is 3.57. The first kappa shape index (κ1) is 27.7. The van der Waals surface area contributed by atoms with Crippen LogP contribution in [0.5, 0.6) is 6.01 Å². The molecule has 4 heterocycles. The molecule has 2 saturated heterocycles. The van der Waals surface area contributed by atoms with Gasteiger partial charge >= 0.3 is 6.01 Å². The van der Waals surface area contributed by atoms with Crippen LogP contribution < -0.4 is 9.64 Å². The second-order valence-electron chi connectivity index (χ2n) is 11.4. The van der Waals surface area contributed by atoms with Gasteiger partial charge in [0.25, 0.3) is 0 Å². The first-order chi connectivity index (χ1) is 20.4. The fraction of sp³-hybridized carbons (Fsp3) is 0.394. The number of carbonyl (C=O) groups excluding carboxylic acids is 1. The number of likely N-dealkylation sites (tertiary alicyclic amines) is 1. The van der Waals surface area contributed by atoms with Crippen LogP contribution in [0.1, 0.15) is 24.8 Å². The third kappa shape index (κ3) is 4.96. The number of aromatic nitrogens is 3. The topological polar surface area (TPSA) is 90.5 Å². The predicted octanol–water partition coefficient (Wildman–Crippen LogP) is 4.69. The van der Waals surface area contributed by atoms with Gasteiger partial charge in [-0.1, -0.05) is 43.0 Å². The Bertz CT molecular complexity index is 1700. The molecule has 2 aliphatic rings. The Labute approximate surface area is 246 Å². The molecule has 0 aliphatic carbocycles. The van der Waals surface area contributed by atoms with E-state index in [0.29, 0.717) is 38.3 Å². The van der Waals surface area contributed by atoms with E-state index in [-0.39, 0.29) is 18.4 Å². The predicted molar refractivity (Wildman–Crippen MR) is 165 cm³/mol. The summed E-state index contributed by atoms with van der Waals surface area (Å²) in [6.07, 6.45) is 3.81. The summed E-state index contributed by atoms with van der Waals surface area (Å²) >= 11 is 0. The smallest absolute Gasteiger partial charge is 0.320 e. The number of aryl methyl sites for hydroxylation is 2. The number of hydrogen-bond donors (Lipinski definition) is 0. The molecule has 216 valence electrons. The molecule has 0 unspecified atom stereocenters. The van der Waals surface area contributed by atoms with Crippen molar-refractivity contribution in [3.63, 3.8) is 0 Å². The highest BCUT2D eigenvalue weighted by Crippen LogP contribution is 2.37. The van der Waals surface area contributed by atoms with Gasteiger partial charge in [-0.3, -0.25) is 4.79 Å². The third-order valence-corrected chi connectivity index (χ3v) is 8.88. The van der Waals surface area contributed by atoms with Crippen molar-refractivity contribution in [3.8, 4) is 23.3 Å². The zero-order valence-corrected chi connectivity index (χ0v) is 24.6. The Kier molecular flexibility index (Phi) is 7.56. The summed E-state index contributed by atoms with van der Waals surface area (Å²) in [7, 11) is 4.17. The van der Waals surface area contributed by atoms with Crippen LogP contribution in [0, 0.1) is 18.3 Å². The summed E-state index contributed by atoms with van der Waals surface area (Å²) in [4.78, 5) is 28.7. The number of fused-ring (bicyclic) bond motifs is 2. The number of rotatable bonds is 7. The van der Waals surface area contributed by atoms with Gasteiger partial charge in [0.2, 0.25) is 5.91 Å². The van der Waals surface area contributed by atoms with Crippen molar-refractivity contribution in [3.05, 3.63) is 60.7 Å². The first-order valence-electron chi connectivity index (χ1n) is 14.6. The van der Waals surface area contributed by atoms with Crippen LogP contribution in [0.3, 0.4) is 0 Å². The standard InChI is InChI=1S/C33H37N7O2/c1-5-29(41)40-18-17-39(20-24(40)14-15-34)32-27-19-28(26-13-7-11-23-10-6-9-22(2)30(23)26)38(4)31(27)35-33(36-32)42-21-25-12-8-16-37(25)3/h5-7,9-11,13,19,24-25H,1,8,12,14,16-18,20-21H2,2-4H3/t24-,25-/m0/s1. The number of nitriles is 1. The van der Waals surface area contributed by atoms with Crippen molar-refractivity contribution < 1.29 is 9.53 Å². The molecule has 0 spiro atoms. The van der Waals surface area contributed by atoms with Gasteiger partial charge in [-0.05, 0) is 61.8 Å². The number of piperazine rings is 1. The lowest BCUT2D eigenvalue weighted by Crippen LogP contribution is -2.55. The number of hydrogen-bond acceptors (Lipinski definition) is 7. The zero-order chi connectivity index (χ0) is 29.4. The summed E-state index contributed by atoms with van der Waals surface area (Å²) in [6, 6.07) is 17.6. The molecule has 2 aromatic carbocycles. The Morgan fingerprint density at radius 1 is 1.14 bits per heavy atom. The molecule has 0 radical (unpaired) electrons. The highest BCUT2D eigenvalue weighted by Gasteiger charge is 2.32. The SMILES string of the molecule is C=CC(=O)N1CCN(c2nc(OC[C@@H]3CCCN3C)nc3c2cc(-c2cccc4cccc(C)c24)n3C)C[C@@H]1CC#N. The number of nitrogens with zero attached hydrogens (tertiary/aromatic N) is 7. The minimum absolute atomic E-state index is 0.152. The fourth-order valence-electron chi connectivity index (χ4n) is 6.56. The van der Waals surface area contributed by atoms with Crippen molar-refractivity contribution >= 4 is 33.5 Å². The van der Waals surface area contributed by atoms with Gasteiger partial charge in [-0.25, -0.2) is 0 Å². The summed E-state index contributed by atoms with van der Waals surface area (Å²) < 4.78 is 8.40. The molecule has 2 atom stereocenters. The van der Waals surface area contributed by atoms with Crippen LogP contribution in [-0.2, 0) is 11.8 Å². The second-order valence-corrected chi connectivity index (χ2v) is 11.4. The monoisotopic (exact) mass is 563 g/mol. The number of amides is 1. The lowest BCUT2D eigenvalue weighted by atomic mass is 9.98. The molecule has 9 heteroatoms. The van der Waals surface area contributed by atoms with E-state index in [0.717, 1.165) is 47.5 Å². The maximum absolute atomic E-state index is 12.6. The highest BCUT2D eigenvalue weighted by molar-refractivity contribution is 6.02. The van der Waals surface area contributed by atoms with Gasteiger partial charge in [0.1, 0.15) is 18.1 Å². The molecule has 2 aliphatic heterocycles. The van der Waals surface area contributed by atoms with Crippen molar-refractivity contribution in [2.45, 2.75) is 38.3 Å². The molecule has 42 heavy (non-hydrogen) atoms. The van der Waals surface area contributed by atoms with E-state index in [9.17, 15) is 10.1 Å². The van der Waals surface area contributed by atoms with Crippen LogP contribution in [-0.4, -0.2) is 82.2 Å². The number of likely N-dealkylation sites (N-methyl/N-ethyl adjacent to an activating group) is 1. The summed E-state index contributed by atoms with van der Waals surface area (Å²) in [5.74, 6) is 0.614. The van der Waals surface area contributed by atoms with E-state index >= 15 is 0 Å². The fourth-order valence-corrected chi connectivity index (χ4v) is 6.56. The van der Waals surface area contributed by atoms with E-state index < -0.39 is 0 Å². The summed E-state index contributed by atoms with van der Waals surface area (Å²) in [5.41, 5.74) is 4.18. The van der Waals surface area contributed by atoms with Crippen molar-refractivity contribution in [1.29, 1.82) is 5.26 Å². The Balaban J connectivity index is 1.46. The van der Waals surface area contributed by atoms with Gasteiger partial charge < -0.3 is 24.0 Å². The Hall–Kier alpha value is -4.42. The van der Waals surface area contributed by atoms with Crippen molar-refractivity contribution in [2.24, 2.45) is 7.05 Å². The average molecular weight is 564 g/mol. The number of ether oxygens (including phenoxy) is 1. The molecule has 1 amide bonds. The van der Waals surface area contributed by atoms with E-state index in [1.54, 1.807) is 4.90 Å². The Morgan fingerprint density at radius 3 is 2.69 bits per heavy atom. The first-order valence-corrected chi connectivity index (χ1v) is 14.6. The minimum Gasteiger partial charge on any atom is -0.462 e. The van der Waals surface area contributed by atoms with Crippen LogP contribution in [0.15, 0.2) is 55.1 Å². The molecule has 9 nitrogen and oxygen atoms in total. The van der Waals surface area contributed by atoms with Gasteiger partial charge in [0.15, 0.2) is 0 Å². The molecule has 0 saturated carbocycles. The van der Waals surface area contributed by atoms with Gasteiger partial charge in [-0.2, -0.15) is 15.2 Å². The molecule has 2 aromatic heterocycles. The molecule has 6 rings (SSSR count). The quantitative estimate of drug-likeness (QED) is 0.302. The maximum atomic E-state index is 12.6. The lowest BCUT2D eigenvalue weighted by Gasteiger charge is -2.40. The van der Waals surface area contributed by atoms with Crippen molar-refractivity contribution in [1.82, 2.24) is 24.3 Å². The van der Waals surface area contributed by atoms with E-state index in [1.807, 2.05) is 7.05 Å². The van der Waals surface area contributed by atoms with Gasteiger partial charge in [0.05, 0.1) is 29.6 Å². The second kappa shape index (κ2) is 11.5. The van der Waals surface area contributed by atoms with E-state index in [1.165, 1.54) is 22.4 Å². The number of anilines is 1. The molecule has 0 bridgehead atoms. The maximum Gasteiger partial charge on any atom is 0.320 e.